The number of hydrogen-bond donors (Lipinski definition) is 1. The van der Waals surface area contributed by atoms with Gasteiger partial charge in [0, 0.05) is 25.3 Å². The number of nitriles is 1. The zero-order valence-corrected chi connectivity index (χ0v) is 14.3. The van der Waals surface area contributed by atoms with Crippen LogP contribution in [0.5, 0.6) is 0 Å². The molecular formula is C17H25N3O3. The molecule has 0 aliphatic rings. The second kappa shape index (κ2) is 9.82. The molecule has 1 amide bonds. The van der Waals surface area contributed by atoms with Gasteiger partial charge in [-0.05, 0) is 18.1 Å². The summed E-state index contributed by atoms with van der Waals surface area (Å²) < 4.78 is 5.14. The van der Waals surface area contributed by atoms with E-state index in [2.05, 4.69) is 25.2 Å². The first-order valence-electron chi connectivity index (χ1n) is 7.68. The molecule has 0 saturated carbocycles. The lowest BCUT2D eigenvalue weighted by Crippen LogP contribution is -2.29. The van der Waals surface area contributed by atoms with Crippen LogP contribution >= 0.6 is 0 Å². The Morgan fingerprint density at radius 3 is 2.70 bits per heavy atom. The highest BCUT2D eigenvalue weighted by Gasteiger charge is 2.18. The van der Waals surface area contributed by atoms with Crippen LogP contribution in [0.25, 0.3) is 0 Å². The lowest BCUT2D eigenvalue weighted by Gasteiger charge is -2.28. The van der Waals surface area contributed by atoms with Gasteiger partial charge in [-0.3, -0.25) is 14.7 Å². The van der Waals surface area contributed by atoms with Gasteiger partial charge in [-0.2, -0.15) is 5.26 Å². The SMILES string of the molecule is COCCN(OCCC#N)c1cccc(NC(C)=O)c1C(C)C. The highest BCUT2D eigenvalue weighted by molar-refractivity contribution is 5.91. The number of ether oxygens (including phenoxy) is 1. The zero-order chi connectivity index (χ0) is 17.2. The molecular weight excluding hydrogens is 294 g/mol. The van der Waals surface area contributed by atoms with Gasteiger partial charge in [-0.1, -0.05) is 19.9 Å². The molecule has 0 heterocycles. The van der Waals surface area contributed by atoms with E-state index in [4.69, 9.17) is 14.8 Å². The van der Waals surface area contributed by atoms with Gasteiger partial charge in [0.1, 0.15) is 0 Å². The number of nitrogens with zero attached hydrogens (tertiary/aromatic N) is 2. The van der Waals surface area contributed by atoms with E-state index in [1.54, 1.807) is 12.2 Å². The van der Waals surface area contributed by atoms with E-state index in [-0.39, 0.29) is 11.8 Å². The van der Waals surface area contributed by atoms with Crippen LogP contribution in [0.1, 0.15) is 38.7 Å². The van der Waals surface area contributed by atoms with E-state index in [1.165, 1.54) is 6.92 Å². The van der Waals surface area contributed by atoms with Gasteiger partial charge < -0.3 is 10.1 Å². The van der Waals surface area contributed by atoms with Gasteiger partial charge in [0.25, 0.3) is 0 Å². The van der Waals surface area contributed by atoms with Gasteiger partial charge in [-0.25, -0.2) is 0 Å². The fourth-order valence-corrected chi connectivity index (χ4v) is 2.31. The Balaban J connectivity index is 3.16. The maximum Gasteiger partial charge on any atom is 0.221 e. The van der Waals surface area contributed by atoms with Crippen LogP contribution in [0.4, 0.5) is 11.4 Å². The van der Waals surface area contributed by atoms with Crippen LogP contribution < -0.4 is 10.4 Å². The normalized spacial score (nSPS) is 10.4. The summed E-state index contributed by atoms with van der Waals surface area (Å²) in [6, 6.07) is 7.77. The molecule has 0 radical (unpaired) electrons. The molecule has 126 valence electrons. The zero-order valence-electron chi connectivity index (χ0n) is 14.3. The van der Waals surface area contributed by atoms with Crippen LogP contribution in [-0.4, -0.2) is 32.8 Å². The summed E-state index contributed by atoms with van der Waals surface area (Å²) in [6.07, 6.45) is 0.311. The molecule has 0 fully saturated rings. The summed E-state index contributed by atoms with van der Waals surface area (Å²) in [4.78, 5) is 17.2. The van der Waals surface area contributed by atoms with E-state index >= 15 is 0 Å². The minimum absolute atomic E-state index is 0.113. The van der Waals surface area contributed by atoms with E-state index in [1.807, 2.05) is 18.2 Å². The van der Waals surface area contributed by atoms with Gasteiger partial charge >= 0.3 is 0 Å². The molecule has 1 aromatic rings. The van der Waals surface area contributed by atoms with Crippen molar-refractivity contribution in [3.8, 4) is 6.07 Å². The Bertz CT molecular complexity index is 553. The van der Waals surface area contributed by atoms with Crippen molar-refractivity contribution in [1.82, 2.24) is 0 Å². The minimum atomic E-state index is -0.113. The van der Waals surface area contributed by atoms with Gasteiger partial charge in [-0.15, -0.1) is 0 Å². The fourth-order valence-electron chi connectivity index (χ4n) is 2.31. The number of carbonyl (C=O) groups is 1. The van der Waals surface area contributed by atoms with Crippen molar-refractivity contribution in [3.05, 3.63) is 23.8 Å². The molecule has 0 aliphatic carbocycles. The maximum absolute atomic E-state index is 11.4. The van der Waals surface area contributed by atoms with Crippen LogP contribution in [0, 0.1) is 11.3 Å². The van der Waals surface area contributed by atoms with Crippen molar-refractivity contribution >= 4 is 17.3 Å². The number of carbonyl (C=O) groups excluding carboxylic acids is 1. The molecule has 0 saturated heterocycles. The summed E-state index contributed by atoms with van der Waals surface area (Å²) in [5.41, 5.74) is 2.65. The molecule has 6 nitrogen and oxygen atoms in total. The van der Waals surface area contributed by atoms with Gasteiger partial charge in [0.15, 0.2) is 0 Å². The average Bonchev–Trinajstić information content (AvgIpc) is 2.49. The molecule has 0 atom stereocenters. The fraction of sp³-hybridized carbons (Fsp3) is 0.529. The first-order chi connectivity index (χ1) is 11.0. The Morgan fingerprint density at radius 1 is 1.39 bits per heavy atom. The summed E-state index contributed by atoms with van der Waals surface area (Å²) in [5.74, 6) is 0.0792. The Morgan fingerprint density at radius 2 is 2.13 bits per heavy atom. The number of hydrogen-bond acceptors (Lipinski definition) is 5. The predicted octanol–water partition coefficient (Wildman–Crippen LogP) is 3.07. The van der Waals surface area contributed by atoms with Crippen molar-refractivity contribution in [2.45, 2.75) is 33.1 Å². The molecule has 23 heavy (non-hydrogen) atoms. The van der Waals surface area contributed by atoms with Gasteiger partial charge in [0.05, 0.1) is 37.9 Å². The predicted molar refractivity (Wildman–Crippen MR) is 90.2 cm³/mol. The van der Waals surface area contributed by atoms with E-state index in [0.717, 1.165) is 16.9 Å². The number of hydroxylamine groups is 1. The third-order valence-corrected chi connectivity index (χ3v) is 3.20. The monoisotopic (exact) mass is 319 g/mol. The third-order valence-electron chi connectivity index (χ3n) is 3.20. The minimum Gasteiger partial charge on any atom is -0.383 e. The molecule has 0 spiro atoms. The van der Waals surface area contributed by atoms with Crippen LogP contribution in [-0.2, 0) is 14.4 Å². The van der Waals surface area contributed by atoms with Crippen molar-refractivity contribution in [2.24, 2.45) is 0 Å². The summed E-state index contributed by atoms with van der Waals surface area (Å²) in [7, 11) is 1.63. The number of benzene rings is 1. The summed E-state index contributed by atoms with van der Waals surface area (Å²) >= 11 is 0. The molecule has 0 aromatic heterocycles. The molecule has 1 rings (SSSR count). The molecule has 0 unspecified atom stereocenters. The largest absolute Gasteiger partial charge is 0.383 e. The average molecular weight is 319 g/mol. The number of methoxy groups -OCH3 is 1. The summed E-state index contributed by atoms with van der Waals surface area (Å²) in [6.45, 7) is 6.95. The molecule has 1 N–H and O–H groups in total. The quantitative estimate of drug-likeness (QED) is 0.559. The van der Waals surface area contributed by atoms with Crippen LogP contribution in [0.3, 0.4) is 0 Å². The van der Waals surface area contributed by atoms with Crippen LogP contribution in [0.15, 0.2) is 18.2 Å². The standard InChI is InChI=1S/C17H25N3O3/c1-13(2)17-15(19-14(3)21)7-5-8-16(17)20(10-12-22-4)23-11-6-9-18/h5,7-8,13H,6,10-12H2,1-4H3,(H,19,21). The highest BCUT2D eigenvalue weighted by atomic mass is 16.7. The third kappa shape index (κ3) is 5.89. The highest BCUT2D eigenvalue weighted by Crippen LogP contribution is 2.34. The molecule has 0 bridgehead atoms. The number of nitrogens with one attached hydrogen (secondary N) is 1. The van der Waals surface area contributed by atoms with Gasteiger partial charge in [0.2, 0.25) is 5.91 Å². The molecule has 0 aliphatic heterocycles. The van der Waals surface area contributed by atoms with Crippen molar-refractivity contribution < 1.29 is 14.4 Å². The smallest absolute Gasteiger partial charge is 0.221 e. The van der Waals surface area contributed by atoms with Crippen molar-refractivity contribution in [1.29, 1.82) is 5.26 Å². The lowest BCUT2D eigenvalue weighted by molar-refractivity contribution is -0.114. The summed E-state index contributed by atoms with van der Waals surface area (Å²) in [5, 5.41) is 13.3. The first-order valence-corrected chi connectivity index (χ1v) is 7.68. The number of amides is 1. The van der Waals surface area contributed by atoms with Crippen molar-refractivity contribution in [3.63, 3.8) is 0 Å². The van der Waals surface area contributed by atoms with Crippen LogP contribution in [0.2, 0.25) is 0 Å². The van der Waals surface area contributed by atoms with E-state index in [9.17, 15) is 4.79 Å². The van der Waals surface area contributed by atoms with Crippen molar-refractivity contribution in [2.75, 3.05) is 37.2 Å². The lowest BCUT2D eigenvalue weighted by atomic mass is 9.98. The molecule has 6 heteroatoms. The second-order valence-electron chi connectivity index (χ2n) is 5.41. The van der Waals surface area contributed by atoms with E-state index in [0.29, 0.717) is 26.2 Å². The topological polar surface area (TPSA) is 74.6 Å². The second-order valence-corrected chi connectivity index (χ2v) is 5.41. The Kier molecular flexibility index (Phi) is 8.09. The Hall–Kier alpha value is -2.10. The molecule has 1 aromatic carbocycles. The number of rotatable bonds is 9. The number of anilines is 2. The first kappa shape index (κ1) is 18.9. The Labute approximate surface area is 137 Å². The van der Waals surface area contributed by atoms with E-state index < -0.39 is 0 Å². The maximum atomic E-state index is 11.4.